The summed E-state index contributed by atoms with van der Waals surface area (Å²) < 4.78 is 0. The van der Waals surface area contributed by atoms with E-state index < -0.39 is 5.97 Å². The van der Waals surface area contributed by atoms with Crippen molar-refractivity contribution in [2.45, 2.75) is 90.9 Å². The molecule has 0 heterocycles. The van der Waals surface area contributed by atoms with E-state index in [2.05, 4.69) is 13.8 Å². The molecule has 0 saturated heterocycles. The first-order valence-corrected chi connectivity index (χ1v) is 7.93. The van der Waals surface area contributed by atoms with Gasteiger partial charge in [0, 0.05) is 5.97 Å². The summed E-state index contributed by atoms with van der Waals surface area (Å²) in [4.78, 5) is 10.9. The van der Waals surface area contributed by atoms with Gasteiger partial charge in [0.05, 0.1) is 0 Å². The van der Waals surface area contributed by atoms with Crippen LogP contribution in [0.3, 0.4) is 0 Å². The molecule has 0 aliphatic heterocycles. The number of unbranched alkanes of at least 4 members (excludes halogenated alkanes) is 8. The third-order valence-corrected chi connectivity index (χ3v) is 3.65. The van der Waals surface area contributed by atoms with E-state index in [-0.39, 0.29) is 5.92 Å². The molecule has 2 heteroatoms. The van der Waals surface area contributed by atoms with Gasteiger partial charge in [-0.3, -0.25) is 0 Å². The number of carbonyl (C=O) groups excluding carboxylic acids is 1. The molecule has 1 unspecified atom stereocenters. The van der Waals surface area contributed by atoms with Gasteiger partial charge in [-0.15, -0.1) is 0 Å². The minimum atomic E-state index is -0.841. The second kappa shape index (κ2) is 12.9. The zero-order chi connectivity index (χ0) is 13.6. The van der Waals surface area contributed by atoms with Crippen molar-refractivity contribution in [2.75, 3.05) is 0 Å². The van der Waals surface area contributed by atoms with Gasteiger partial charge in [-0.1, -0.05) is 78.1 Å². The lowest BCUT2D eigenvalue weighted by atomic mass is 9.95. The molecular formula is C16H31O2-. The lowest BCUT2D eigenvalue weighted by Gasteiger charge is -2.17. The predicted molar refractivity (Wildman–Crippen MR) is 75.2 cm³/mol. The van der Waals surface area contributed by atoms with Gasteiger partial charge in [0.1, 0.15) is 0 Å². The van der Waals surface area contributed by atoms with Gasteiger partial charge in [-0.25, -0.2) is 0 Å². The van der Waals surface area contributed by atoms with Gasteiger partial charge >= 0.3 is 0 Å². The van der Waals surface area contributed by atoms with Crippen LogP contribution in [0, 0.1) is 5.92 Å². The van der Waals surface area contributed by atoms with Crippen LogP contribution in [0.2, 0.25) is 0 Å². The minimum absolute atomic E-state index is 0.204. The van der Waals surface area contributed by atoms with E-state index in [0.29, 0.717) is 0 Å². The first-order chi connectivity index (χ1) is 8.72. The SMILES string of the molecule is CCCCCCCCCCC(CCCC)C(=O)[O-]. The van der Waals surface area contributed by atoms with E-state index in [9.17, 15) is 9.90 Å². The van der Waals surface area contributed by atoms with Crippen molar-refractivity contribution >= 4 is 5.97 Å². The maximum absolute atomic E-state index is 10.9. The molecule has 108 valence electrons. The quantitative estimate of drug-likeness (QED) is 0.465. The summed E-state index contributed by atoms with van der Waals surface area (Å²) in [6, 6.07) is 0. The molecule has 0 N–H and O–H groups in total. The van der Waals surface area contributed by atoms with Gasteiger partial charge in [0.25, 0.3) is 0 Å². The smallest absolute Gasteiger partial charge is 0.0445 e. The number of carboxylic acid groups (broad SMARTS) is 1. The molecule has 0 aromatic carbocycles. The Balaban J connectivity index is 3.40. The minimum Gasteiger partial charge on any atom is -0.550 e. The number of carboxylic acids is 1. The highest BCUT2D eigenvalue weighted by Crippen LogP contribution is 2.17. The van der Waals surface area contributed by atoms with E-state index in [1.807, 2.05) is 0 Å². The van der Waals surface area contributed by atoms with Gasteiger partial charge in [-0.05, 0) is 18.8 Å². The normalized spacial score (nSPS) is 12.6. The molecule has 0 bridgehead atoms. The summed E-state index contributed by atoms with van der Waals surface area (Å²) in [6.07, 6.45) is 13.8. The molecule has 0 fully saturated rings. The predicted octanol–water partition coefficient (Wildman–Crippen LogP) is 4.07. The molecule has 0 amide bonds. The Morgan fingerprint density at radius 1 is 0.778 bits per heavy atom. The van der Waals surface area contributed by atoms with Crippen LogP contribution >= 0.6 is 0 Å². The van der Waals surface area contributed by atoms with Gasteiger partial charge in [-0.2, -0.15) is 0 Å². The number of hydrogen-bond donors (Lipinski definition) is 0. The summed E-state index contributed by atoms with van der Waals surface area (Å²) in [5, 5.41) is 10.9. The first kappa shape index (κ1) is 17.5. The van der Waals surface area contributed by atoms with Crippen LogP contribution in [0.25, 0.3) is 0 Å². The van der Waals surface area contributed by atoms with Crippen molar-refractivity contribution in [3.8, 4) is 0 Å². The highest BCUT2D eigenvalue weighted by Gasteiger charge is 2.08. The Hall–Kier alpha value is -0.530. The fourth-order valence-electron chi connectivity index (χ4n) is 2.36. The van der Waals surface area contributed by atoms with Crippen LogP contribution in [0.5, 0.6) is 0 Å². The van der Waals surface area contributed by atoms with E-state index in [1.54, 1.807) is 0 Å². The first-order valence-electron chi connectivity index (χ1n) is 7.93. The maximum atomic E-state index is 10.9. The largest absolute Gasteiger partial charge is 0.550 e. The average molecular weight is 255 g/mol. The number of aliphatic carboxylic acids is 1. The standard InChI is InChI=1S/C16H32O2/c1-3-5-7-8-9-10-11-12-14-15(16(17)18)13-6-4-2/h15H,3-14H2,1-2H3,(H,17,18)/p-1. The number of hydrogen-bond acceptors (Lipinski definition) is 2. The zero-order valence-corrected chi connectivity index (χ0v) is 12.4. The van der Waals surface area contributed by atoms with Crippen molar-refractivity contribution in [1.82, 2.24) is 0 Å². The second-order valence-corrected chi connectivity index (χ2v) is 5.42. The van der Waals surface area contributed by atoms with Crippen LogP contribution in [0.15, 0.2) is 0 Å². The third-order valence-electron chi connectivity index (χ3n) is 3.65. The van der Waals surface area contributed by atoms with E-state index in [1.165, 1.54) is 44.9 Å². The van der Waals surface area contributed by atoms with Crippen molar-refractivity contribution in [1.29, 1.82) is 0 Å². The Morgan fingerprint density at radius 3 is 1.72 bits per heavy atom. The molecule has 0 saturated carbocycles. The summed E-state index contributed by atoms with van der Waals surface area (Å²) in [5.74, 6) is -1.04. The monoisotopic (exact) mass is 255 g/mol. The number of rotatable bonds is 13. The molecule has 0 aliphatic rings. The van der Waals surface area contributed by atoms with Crippen molar-refractivity contribution in [3.63, 3.8) is 0 Å². The Labute approximate surface area is 113 Å². The van der Waals surface area contributed by atoms with Crippen molar-refractivity contribution < 1.29 is 9.90 Å². The lowest BCUT2D eigenvalue weighted by molar-refractivity contribution is -0.312. The Bertz CT molecular complexity index is 190. The van der Waals surface area contributed by atoms with Gasteiger partial charge < -0.3 is 9.90 Å². The molecule has 0 spiro atoms. The topological polar surface area (TPSA) is 40.1 Å². The van der Waals surface area contributed by atoms with Gasteiger partial charge in [0.15, 0.2) is 0 Å². The fourth-order valence-corrected chi connectivity index (χ4v) is 2.36. The molecule has 0 aromatic heterocycles. The highest BCUT2D eigenvalue weighted by molar-refractivity contribution is 5.67. The van der Waals surface area contributed by atoms with Crippen LogP contribution in [-0.2, 0) is 4.79 Å². The molecule has 0 aliphatic carbocycles. The fraction of sp³-hybridized carbons (Fsp3) is 0.938. The summed E-state index contributed by atoms with van der Waals surface area (Å²) in [7, 11) is 0. The molecule has 1 atom stereocenters. The van der Waals surface area contributed by atoms with E-state index in [0.717, 1.165) is 32.1 Å². The van der Waals surface area contributed by atoms with Crippen LogP contribution in [0.1, 0.15) is 90.9 Å². The number of carbonyl (C=O) groups is 1. The van der Waals surface area contributed by atoms with E-state index in [4.69, 9.17) is 0 Å². The molecular weight excluding hydrogens is 224 g/mol. The third kappa shape index (κ3) is 10.6. The highest BCUT2D eigenvalue weighted by atomic mass is 16.4. The summed E-state index contributed by atoms with van der Waals surface area (Å²) >= 11 is 0. The van der Waals surface area contributed by atoms with Crippen molar-refractivity contribution in [2.24, 2.45) is 5.92 Å². The van der Waals surface area contributed by atoms with Crippen molar-refractivity contribution in [3.05, 3.63) is 0 Å². The Kier molecular flexibility index (Phi) is 12.5. The zero-order valence-electron chi connectivity index (χ0n) is 12.4. The molecule has 0 radical (unpaired) electrons. The van der Waals surface area contributed by atoms with E-state index >= 15 is 0 Å². The molecule has 2 nitrogen and oxygen atoms in total. The second-order valence-electron chi connectivity index (χ2n) is 5.42. The average Bonchev–Trinajstić information content (AvgIpc) is 2.35. The Morgan fingerprint density at radius 2 is 1.22 bits per heavy atom. The summed E-state index contributed by atoms with van der Waals surface area (Å²) in [6.45, 7) is 4.33. The maximum Gasteiger partial charge on any atom is 0.0445 e. The van der Waals surface area contributed by atoms with Gasteiger partial charge in [0.2, 0.25) is 0 Å². The molecule has 18 heavy (non-hydrogen) atoms. The van der Waals surface area contributed by atoms with Crippen LogP contribution in [0.4, 0.5) is 0 Å². The summed E-state index contributed by atoms with van der Waals surface area (Å²) in [5.41, 5.74) is 0. The van der Waals surface area contributed by atoms with Crippen LogP contribution < -0.4 is 5.11 Å². The molecule has 0 rings (SSSR count). The lowest BCUT2D eigenvalue weighted by Crippen LogP contribution is -2.31. The molecule has 0 aromatic rings. The van der Waals surface area contributed by atoms with Crippen LogP contribution in [-0.4, -0.2) is 5.97 Å².